The third kappa shape index (κ3) is 4.19. The minimum Gasteiger partial charge on any atom is -0.352 e. The van der Waals surface area contributed by atoms with Gasteiger partial charge in [0.05, 0.1) is 24.0 Å². The highest BCUT2D eigenvalue weighted by molar-refractivity contribution is 7.91. The summed E-state index contributed by atoms with van der Waals surface area (Å²) in [6.07, 6.45) is 4.55. The molecule has 128 valence electrons. The van der Waals surface area contributed by atoms with Crippen LogP contribution in [0.1, 0.15) is 24.4 Å². The summed E-state index contributed by atoms with van der Waals surface area (Å²) >= 11 is 5.94. The van der Waals surface area contributed by atoms with Crippen LogP contribution in [0.3, 0.4) is 0 Å². The van der Waals surface area contributed by atoms with Crippen LogP contribution in [0.5, 0.6) is 0 Å². The van der Waals surface area contributed by atoms with Crippen molar-refractivity contribution < 1.29 is 13.2 Å². The first-order valence-electron chi connectivity index (χ1n) is 7.81. The maximum Gasteiger partial charge on any atom is 0.222 e. The zero-order valence-corrected chi connectivity index (χ0v) is 14.6. The fraction of sp³-hybridized carbons (Fsp3) is 0.353. The number of amides is 1. The van der Waals surface area contributed by atoms with Crippen LogP contribution in [0.4, 0.5) is 0 Å². The minimum atomic E-state index is -3.00. The zero-order chi connectivity index (χ0) is 17.2. The van der Waals surface area contributed by atoms with Gasteiger partial charge in [-0.3, -0.25) is 4.79 Å². The second-order valence-electron chi connectivity index (χ2n) is 6.07. The molecule has 1 saturated heterocycles. The Labute approximate surface area is 146 Å². The van der Waals surface area contributed by atoms with Gasteiger partial charge >= 0.3 is 0 Å². The Hall–Kier alpha value is -1.79. The molecule has 5 nitrogen and oxygen atoms in total. The predicted molar refractivity (Wildman–Crippen MR) is 93.8 cm³/mol. The van der Waals surface area contributed by atoms with Gasteiger partial charge in [-0.2, -0.15) is 0 Å². The molecular weight excluding hydrogens is 348 g/mol. The summed E-state index contributed by atoms with van der Waals surface area (Å²) in [6.45, 7) is 0. The van der Waals surface area contributed by atoms with Gasteiger partial charge in [0, 0.05) is 23.5 Å². The number of hydrogen-bond acceptors (Lipinski definition) is 3. The van der Waals surface area contributed by atoms with Crippen molar-refractivity contribution >= 4 is 27.3 Å². The van der Waals surface area contributed by atoms with Crippen molar-refractivity contribution in [2.45, 2.75) is 24.9 Å². The van der Waals surface area contributed by atoms with E-state index < -0.39 is 9.84 Å². The molecule has 1 aliphatic heterocycles. The number of carbonyl (C=O) groups is 1. The van der Waals surface area contributed by atoms with E-state index in [9.17, 15) is 13.2 Å². The quantitative estimate of drug-likeness (QED) is 0.883. The molecule has 2 aromatic rings. The van der Waals surface area contributed by atoms with Gasteiger partial charge in [-0.25, -0.2) is 8.42 Å². The van der Waals surface area contributed by atoms with Gasteiger partial charge in [0.15, 0.2) is 9.84 Å². The van der Waals surface area contributed by atoms with Crippen molar-refractivity contribution in [2.75, 3.05) is 11.5 Å². The van der Waals surface area contributed by atoms with Crippen LogP contribution >= 0.6 is 11.6 Å². The van der Waals surface area contributed by atoms with E-state index in [2.05, 4.69) is 5.32 Å². The highest BCUT2D eigenvalue weighted by Crippen LogP contribution is 2.24. The maximum absolute atomic E-state index is 12.4. The summed E-state index contributed by atoms with van der Waals surface area (Å²) < 4.78 is 25.0. The van der Waals surface area contributed by atoms with Crippen molar-refractivity contribution in [3.8, 4) is 0 Å². The van der Waals surface area contributed by atoms with Crippen LogP contribution in [-0.4, -0.2) is 36.4 Å². The topological polar surface area (TPSA) is 68.2 Å². The molecule has 2 atom stereocenters. The summed E-state index contributed by atoms with van der Waals surface area (Å²) in [5.41, 5.74) is 0.977. The lowest BCUT2D eigenvalue weighted by Crippen LogP contribution is -2.36. The molecule has 0 bridgehead atoms. The monoisotopic (exact) mass is 366 g/mol. The third-order valence-corrected chi connectivity index (χ3v) is 6.24. The van der Waals surface area contributed by atoms with E-state index in [0.717, 1.165) is 5.56 Å². The molecule has 1 aromatic carbocycles. The SMILES string of the molecule is O=C(CC(c1ccc(Cl)cc1)n1cccc1)NC1CCS(=O)(=O)C1. The van der Waals surface area contributed by atoms with Gasteiger partial charge < -0.3 is 9.88 Å². The Bertz CT molecular complexity index is 801. The first-order chi connectivity index (χ1) is 11.4. The van der Waals surface area contributed by atoms with Gasteiger partial charge in [0.2, 0.25) is 5.91 Å². The average Bonchev–Trinajstić information content (AvgIpc) is 3.16. The lowest BCUT2D eigenvalue weighted by atomic mass is 10.0. The molecule has 1 N–H and O–H groups in total. The number of sulfone groups is 1. The summed E-state index contributed by atoms with van der Waals surface area (Å²) in [5.74, 6) is 0.0371. The molecule has 1 amide bonds. The second kappa shape index (κ2) is 6.99. The number of hydrogen-bond donors (Lipinski definition) is 1. The summed E-state index contributed by atoms with van der Waals surface area (Å²) in [7, 11) is -3.00. The molecule has 0 radical (unpaired) electrons. The van der Waals surface area contributed by atoms with Gasteiger partial charge in [0.1, 0.15) is 0 Å². The number of rotatable bonds is 5. The molecular formula is C17H19ClN2O3S. The van der Waals surface area contributed by atoms with E-state index in [0.29, 0.717) is 11.4 Å². The van der Waals surface area contributed by atoms with Crippen LogP contribution in [0, 0.1) is 0 Å². The van der Waals surface area contributed by atoms with Crippen molar-refractivity contribution in [3.05, 3.63) is 59.4 Å². The van der Waals surface area contributed by atoms with E-state index in [4.69, 9.17) is 11.6 Å². The van der Waals surface area contributed by atoms with E-state index >= 15 is 0 Å². The number of carbonyl (C=O) groups excluding carboxylic acids is 1. The predicted octanol–water partition coefficient (Wildman–Crippen LogP) is 2.42. The summed E-state index contributed by atoms with van der Waals surface area (Å²) in [6, 6.07) is 10.8. The van der Waals surface area contributed by atoms with Gasteiger partial charge in [-0.1, -0.05) is 23.7 Å². The lowest BCUT2D eigenvalue weighted by Gasteiger charge is -2.20. The molecule has 3 rings (SSSR count). The Morgan fingerprint density at radius 3 is 2.50 bits per heavy atom. The molecule has 2 heterocycles. The molecule has 2 unspecified atom stereocenters. The summed E-state index contributed by atoms with van der Waals surface area (Å²) in [5, 5.41) is 3.49. The number of halogens is 1. The molecule has 1 aliphatic rings. The average molecular weight is 367 g/mol. The molecule has 1 aromatic heterocycles. The van der Waals surface area contributed by atoms with Crippen LogP contribution in [-0.2, 0) is 14.6 Å². The largest absolute Gasteiger partial charge is 0.352 e. The Kier molecular flexibility index (Phi) is 4.96. The van der Waals surface area contributed by atoms with E-state index in [-0.39, 0.29) is 35.9 Å². The second-order valence-corrected chi connectivity index (χ2v) is 8.73. The van der Waals surface area contributed by atoms with Crippen LogP contribution in [0.15, 0.2) is 48.8 Å². The lowest BCUT2D eigenvalue weighted by molar-refractivity contribution is -0.122. The normalized spacial score (nSPS) is 20.6. The van der Waals surface area contributed by atoms with E-state index in [1.165, 1.54) is 0 Å². The van der Waals surface area contributed by atoms with Crippen molar-refractivity contribution in [2.24, 2.45) is 0 Å². The summed E-state index contributed by atoms with van der Waals surface area (Å²) in [4.78, 5) is 12.4. The fourth-order valence-electron chi connectivity index (χ4n) is 3.01. The number of aromatic nitrogens is 1. The van der Waals surface area contributed by atoms with Crippen LogP contribution in [0.2, 0.25) is 5.02 Å². The number of nitrogens with zero attached hydrogens (tertiary/aromatic N) is 1. The van der Waals surface area contributed by atoms with Crippen molar-refractivity contribution in [1.29, 1.82) is 0 Å². The third-order valence-electron chi connectivity index (χ3n) is 4.22. The molecule has 0 spiro atoms. The first-order valence-corrected chi connectivity index (χ1v) is 10.0. The highest BCUT2D eigenvalue weighted by atomic mass is 35.5. The maximum atomic E-state index is 12.4. The zero-order valence-electron chi connectivity index (χ0n) is 13.1. The van der Waals surface area contributed by atoms with Gasteiger partial charge in [0.25, 0.3) is 0 Å². The molecule has 0 aliphatic carbocycles. The molecule has 24 heavy (non-hydrogen) atoms. The highest BCUT2D eigenvalue weighted by Gasteiger charge is 2.29. The van der Waals surface area contributed by atoms with Crippen LogP contribution < -0.4 is 5.32 Å². The molecule has 7 heteroatoms. The fourth-order valence-corrected chi connectivity index (χ4v) is 4.81. The number of benzene rings is 1. The van der Waals surface area contributed by atoms with Gasteiger partial charge in [-0.05, 0) is 36.2 Å². The molecule has 1 fully saturated rings. The van der Waals surface area contributed by atoms with Crippen molar-refractivity contribution in [1.82, 2.24) is 9.88 Å². The van der Waals surface area contributed by atoms with E-state index in [1.54, 1.807) is 12.1 Å². The minimum absolute atomic E-state index is 0.0356. The number of nitrogens with one attached hydrogen (secondary N) is 1. The Balaban J connectivity index is 1.72. The van der Waals surface area contributed by atoms with E-state index in [1.807, 2.05) is 41.2 Å². The Morgan fingerprint density at radius 2 is 1.92 bits per heavy atom. The van der Waals surface area contributed by atoms with Gasteiger partial charge in [-0.15, -0.1) is 0 Å². The Morgan fingerprint density at radius 1 is 1.25 bits per heavy atom. The molecule has 0 saturated carbocycles. The standard InChI is InChI=1S/C17H19ClN2O3S/c18-14-5-3-13(4-6-14)16(20-8-1-2-9-20)11-17(21)19-15-7-10-24(22,23)12-15/h1-6,8-9,15-16H,7,10-12H2,(H,19,21). The first kappa shape index (κ1) is 17.0. The van der Waals surface area contributed by atoms with Crippen LogP contribution in [0.25, 0.3) is 0 Å². The smallest absolute Gasteiger partial charge is 0.222 e. The van der Waals surface area contributed by atoms with Crippen molar-refractivity contribution in [3.63, 3.8) is 0 Å².